The van der Waals surface area contributed by atoms with Crippen molar-refractivity contribution >= 4 is 37.1 Å². The van der Waals surface area contributed by atoms with Gasteiger partial charge in [-0.15, -0.1) is 3.71 Å². The van der Waals surface area contributed by atoms with Crippen LogP contribution in [0.15, 0.2) is 42.5 Å². The molecular weight excluding hydrogens is 294 g/mol. The molecule has 0 aromatic heterocycles. The Labute approximate surface area is 109 Å². The van der Waals surface area contributed by atoms with E-state index < -0.39 is 24.3 Å². The summed E-state index contributed by atoms with van der Waals surface area (Å²) in [7, 11) is -10.3. The van der Waals surface area contributed by atoms with Gasteiger partial charge in [-0.2, -0.15) is 16.8 Å². The van der Waals surface area contributed by atoms with Crippen LogP contribution in [-0.4, -0.2) is 25.9 Å². The van der Waals surface area contributed by atoms with E-state index in [1.807, 2.05) is 0 Å². The van der Waals surface area contributed by atoms with E-state index in [-0.39, 0.29) is 5.69 Å². The van der Waals surface area contributed by atoms with E-state index in [0.29, 0.717) is 5.39 Å². The molecule has 0 bridgehead atoms. The first-order valence-corrected chi connectivity index (χ1v) is 7.73. The SMILES string of the molecule is O=S(=O)(O)N(c1ccc2ccccc2c1)S(=O)(=O)O. The van der Waals surface area contributed by atoms with E-state index in [4.69, 9.17) is 9.11 Å². The van der Waals surface area contributed by atoms with Crippen molar-refractivity contribution in [2.75, 3.05) is 3.71 Å². The minimum Gasteiger partial charge on any atom is -0.268 e. The third-order valence-electron chi connectivity index (χ3n) is 2.36. The van der Waals surface area contributed by atoms with E-state index >= 15 is 0 Å². The van der Waals surface area contributed by atoms with E-state index in [1.165, 1.54) is 12.1 Å². The summed E-state index contributed by atoms with van der Waals surface area (Å²) in [5, 5.41) is 1.30. The van der Waals surface area contributed by atoms with Gasteiger partial charge in [0.05, 0.1) is 5.69 Å². The lowest BCUT2D eigenvalue weighted by atomic mass is 10.1. The molecule has 0 spiro atoms. The van der Waals surface area contributed by atoms with Gasteiger partial charge in [-0.05, 0) is 22.9 Å². The summed E-state index contributed by atoms with van der Waals surface area (Å²) < 4.78 is 61.6. The molecule has 0 radical (unpaired) electrons. The van der Waals surface area contributed by atoms with Gasteiger partial charge in [-0.3, -0.25) is 9.11 Å². The van der Waals surface area contributed by atoms with Crippen molar-refractivity contribution in [2.24, 2.45) is 0 Å². The zero-order valence-corrected chi connectivity index (χ0v) is 11.0. The van der Waals surface area contributed by atoms with E-state index in [9.17, 15) is 16.8 Å². The summed E-state index contributed by atoms with van der Waals surface area (Å²) in [5.74, 6) is 0. The van der Waals surface area contributed by atoms with Crippen LogP contribution in [0.4, 0.5) is 5.69 Å². The third kappa shape index (κ3) is 2.84. The predicted molar refractivity (Wildman–Crippen MR) is 69.5 cm³/mol. The molecule has 2 aromatic rings. The van der Waals surface area contributed by atoms with Crippen molar-refractivity contribution in [3.05, 3.63) is 42.5 Å². The largest absolute Gasteiger partial charge is 0.375 e. The summed E-state index contributed by atoms with van der Waals surface area (Å²) in [4.78, 5) is 0. The summed E-state index contributed by atoms with van der Waals surface area (Å²) in [5.41, 5.74) is -0.385. The second-order valence-corrected chi connectivity index (χ2v) is 6.44. The summed E-state index contributed by atoms with van der Waals surface area (Å²) in [6.07, 6.45) is 0. The standard InChI is InChI=1S/C10H9NO6S2/c12-18(13,14)11(19(15,16)17)10-6-5-8-3-1-2-4-9(8)7-10/h1-7H,(H,12,13,14)(H,15,16,17). The molecule has 0 saturated heterocycles. The average molecular weight is 303 g/mol. The monoisotopic (exact) mass is 303 g/mol. The third-order valence-corrected chi connectivity index (χ3v) is 4.75. The lowest BCUT2D eigenvalue weighted by molar-refractivity contribution is 0.466. The van der Waals surface area contributed by atoms with Crippen LogP contribution in [0.1, 0.15) is 0 Å². The van der Waals surface area contributed by atoms with Gasteiger partial charge in [0.2, 0.25) is 0 Å². The normalized spacial score (nSPS) is 12.5. The Hall–Kier alpha value is -1.68. The maximum absolute atomic E-state index is 11.1. The summed E-state index contributed by atoms with van der Waals surface area (Å²) in [6, 6.07) is 10.6. The molecule has 2 aromatic carbocycles. The molecule has 2 N–H and O–H groups in total. The van der Waals surface area contributed by atoms with Gasteiger partial charge in [0.25, 0.3) is 0 Å². The molecule has 0 unspecified atom stereocenters. The van der Waals surface area contributed by atoms with E-state index in [0.717, 1.165) is 11.5 Å². The van der Waals surface area contributed by atoms with Gasteiger partial charge in [0.1, 0.15) is 0 Å². The van der Waals surface area contributed by atoms with Crippen molar-refractivity contribution in [3.8, 4) is 0 Å². The Balaban J connectivity index is 2.71. The van der Waals surface area contributed by atoms with Gasteiger partial charge in [-0.25, -0.2) is 0 Å². The van der Waals surface area contributed by atoms with Crippen LogP contribution < -0.4 is 3.71 Å². The molecule has 0 saturated carbocycles. The van der Waals surface area contributed by atoms with Crippen LogP contribution in [0, 0.1) is 0 Å². The zero-order valence-electron chi connectivity index (χ0n) is 9.33. The second kappa shape index (κ2) is 4.46. The van der Waals surface area contributed by atoms with E-state index in [1.54, 1.807) is 24.3 Å². The molecule has 0 aliphatic carbocycles. The highest BCUT2D eigenvalue weighted by molar-refractivity contribution is 8.05. The minimum atomic E-state index is -5.15. The van der Waals surface area contributed by atoms with Crippen molar-refractivity contribution < 1.29 is 25.9 Å². The Bertz CT molecular complexity index is 796. The van der Waals surface area contributed by atoms with Crippen LogP contribution >= 0.6 is 0 Å². The van der Waals surface area contributed by atoms with Gasteiger partial charge in [0.15, 0.2) is 0 Å². The van der Waals surface area contributed by atoms with Crippen LogP contribution in [-0.2, 0) is 20.6 Å². The number of hydrogen-bond acceptors (Lipinski definition) is 4. The molecule has 0 amide bonds. The maximum atomic E-state index is 11.1. The van der Waals surface area contributed by atoms with E-state index in [2.05, 4.69) is 0 Å². The second-order valence-electron chi connectivity index (χ2n) is 3.68. The molecule has 19 heavy (non-hydrogen) atoms. The molecular formula is C10H9NO6S2. The number of hydrogen-bond donors (Lipinski definition) is 2. The maximum Gasteiger partial charge on any atom is 0.375 e. The lowest BCUT2D eigenvalue weighted by Crippen LogP contribution is -2.35. The van der Waals surface area contributed by atoms with Crippen LogP contribution in [0.5, 0.6) is 0 Å². The molecule has 102 valence electrons. The first-order valence-electron chi connectivity index (χ1n) is 4.94. The molecule has 0 heterocycles. The molecule has 0 fully saturated rings. The highest BCUT2D eigenvalue weighted by Gasteiger charge is 2.31. The highest BCUT2D eigenvalue weighted by atomic mass is 32.3. The smallest absolute Gasteiger partial charge is 0.268 e. The molecule has 0 atom stereocenters. The molecule has 9 heteroatoms. The van der Waals surface area contributed by atoms with Gasteiger partial charge >= 0.3 is 20.6 Å². The fraction of sp³-hybridized carbons (Fsp3) is 0. The van der Waals surface area contributed by atoms with Crippen LogP contribution in [0.3, 0.4) is 0 Å². The van der Waals surface area contributed by atoms with Gasteiger partial charge in [-0.1, -0.05) is 30.3 Å². The number of nitrogens with zero attached hydrogens (tertiary/aromatic N) is 1. The fourth-order valence-corrected chi connectivity index (χ4v) is 3.39. The zero-order chi connectivity index (χ0) is 14.3. The highest BCUT2D eigenvalue weighted by Crippen LogP contribution is 2.25. The topological polar surface area (TPSA) is 112 Å². The van der Waals surface area contributed by atoms with Crippen molar-refractivity contribution in [2.45, 2.75) is 0 Å². The summed E-state index contributed by atoms with van der Waals surface area (Å²) >= 11 is 0. The van der Waals surface area contributed by atoms with Crippen molar-refractivity contribution in [3.63, 3.8) is 0 Å². The Kier molecular flexibility index (Phi) is 3.22. The number of rotatable bonds is 3. The Morgan fingerprint density at radius 3 is 1.84 bits per heavy atom. The Morgan fingerprint density at radius 2 is 1.32 bits per heavy atom. The minimum absolute atomic E-state index is 0.385. The number of benzene rings is 2. The first-order chi connectivity index (χ1) is 8.69. The van der Waals surface area contributed by atoms with Gasteiger partial charge < -0.3 is 0 Å². The lowest BCUT2D eigenvalue weighted by Gasteiger charge is -2.16. The van der Waals surface area contributed by atoms with Crippen molar-refractivity contribution in [1.29, 1.82) is 0 Å². The summed E-state index contributed by atoms with van der Waals surface area (Å²) in [6.45, 7) is 0. The first kappa shape index (κ1) is 13.7. The molecule has 0 aliphatic rings. The quantitative estimate of drug-likeness (QED) is 0.825. The van der Waals surface area contributed by atoms with Gasteiger partial charge in [0, 0.05) is 0 Å². The Morgan fingerprint density at radius 1 is 0.789 bits per heavy atom. The predicted octanol–water partition coefficient (Wildman–Crippen LogP) is 1.25. The average Bonchev–Trinajstić information content (AvgIpc) is 2.25. The molecule has 7 nitrogen and oxygen atoms in total. The number of fused-ring (bicyclic) bond motifs is 1. The van der Waals surface area contributed by atoms with Crippen molar-refractivity contribution in [1.82, 2.24) is 0 Å². The van der Waals surface area contributed by atoms with Crippen LogP contribution in [0.2, 0.25) is 0 Å². The van der Waals surface area contributed by atoms with Crippen LogP contribution in [0.25, 0.3) is 10.8 Å². The number of anilines is 1. The molecule has 2 rings (SSSR count). The molecule has 0 aliphatic heterocycles. The fourth-order valence-electron chi connectivity index (χ4n) is 1.68.